The summed E-state index contributed by atoms with van der Waals surface area (Å²) in [6.07, 6.45) is 3.69. The topological polar surface area (TPSA) is 41.6 Å². The summed E-state index contributed by atoms with van der Waals surface area (Å²) in [7, 11) is 1.65. The molecule has 1 atom stereocenters. The molecule has 4 heteroatoms. The molecule has 4 nitrogen and oxygen atoms in total. The largest absolute Gasteiger partial charge is 0.497 e. The lowest BCUT2D eigenvalue weighted by molar-refractivity contribution is -0.123. The number of piperidine rings is 1. The second kappa shape index (κ2) is 7.29. The molecule has 0 unspecified atom stereocenters. The molecule has 1 saturated heterocycles. The highest BCUT2D eigenvalue weighted by molar-refractivity contribution is 5.78. The Bertz CT molecular complexity index is 431. The number of ether oxygens (including phenoxy) is 1. The van der Waals surface area contributed by atoms with Crippen LogP contribution in [-0.4, -0.2) is 37.0 Å². The summed E-state index contributed by atoms with van der Waals surface area (Å²) in [5.74, 6) is 0.941. The second-order valence-electron chi connectivity index (χ2n) is 5.44. The Balaban J connectivity index is 1.76. The lowest BCUT2D eigenvalue weighted by Gasteiger charge is -2.32. The van der Waals surface area contributed by atoms with E-state index in [4.69, 9.17) is 4.74 Å². The van der Waals surface area contributed by atoms with Crippen LogP contribution < -0.4 is 10.1 Å². The predicted molar refractivity (Wildman–Crippen MR) is 79.7 cm³/mol. The lowest BCUT2D eigenvalue weighted by Crippen LogP contribution is -2.44. The molecule has 1 aromatic carbocycles. The summed E-state index contributed by atoms with van der Waals surface area (Å²) in [5, 5.41) is 2.98. The van der Waals surface area contributed by atoms with Crippen LogP contribution in [0.1, 0.15) is 31.7 Å². The molecule has 1 N–H and O–H groups in total. The van der Waals surface area contributed by atoms with Gasteiger partial charge in [-0.15, -0.1) is 0 Å². The Morgan fingerprint density at radius 2 is 2.10 bits per heavy atom. The van der Waals surface area contributed by atoms with Crippen LogP contribution in [0.5, 0.6) is 5.75 Å². The molecular formula is C16H24N2O2. The SMILES string of the molecule is COc1ccc(CNC(=O)CN2CCCC[C@@H]2C)cc1. The van der Waals surface area contributed by atoms with Crippen molar-refractivity contribution in [3.05, 3.63) is 29.8 Å². The molecule has 1 heterocycles. The number of nitrogens with one attached hydrogen (secondary N) is 1. The van der Waals surface area contributed by atoms with Crippen LogP contribution >= 0.6 is 0 Å². The van der Waals surface area contributed by atoms with Gasteiger partial charge in [0.05, 0.1) is 13.7 Å². The summed E-state index contributed by atoms with van der Waals surface area (Å²) in [5.41, 5.74) is 1.09. The predicted octanol–water partition coefficient (Wildman–Crippen LogP) is 2.19. The average molecular weight is 276 g/mol. The molecule has 0 aliphatic carbocycles. The first-order chi connectivity index (χ1) is 9.69. The van der Waals surface area contributed by atoms with E-state index in [1.165, 1.54) is 19.3 Å². The standard InChI is InChI=1S/C16H24N2O2/c1-13-5-3-4-10-18(13)12-16(19)17-11-14-6-8-15(20-2)9-7-14/h6-9,13H,3-5,10-12H2,1-2H3,(H,17,19)/t13-/m0/s1. The van der Waals surface area contributed by atoms with Crippen LogP contribution in [0.15, 0.2) is 24.3 Å². The van der Waals surface area contributed by atoms with Crippen LogP contribution in [0.4, 0.5) is 0 Å². The first-order valence-corrected chi connectivity index (χ1v) is 7.32. The minimum Gasteiger partial charge on any atom is -0.497 e. The normalized spacial score (nSPS) is 19.6. The number of nitrogens with zero attached hydrogens (tertiary/aromatic N) is 1. The van der Waals surface area contributed by atoms with Gasteiger partial charge in [-0.05, 0) is 44.0 Å². The molecule has 0 saturated carbocycles. The number of carbonyl (C=O) groups excluding carboxylic acids is 1. The molecule has 20 heavy (non-hydrogen) atoms. The quantitative estimate of drug-likeness (QED) is 0.896. The summed E-state index contributed by atoms with van der Waals surface area (Å²) in [6, 6.07) is 8.30. The lowest BCUT2D eigenvalue weighted by atomic mass is 10.0. The van der Waals surface area contributed by atoms with Gasteiger partial charge in [-0.1, -0.05) is 18.6 Å². The maximum absolute atomic E-state index is 12.0. The third kappa shape index (κ3) is 4.23. The number of amides is 1. The summed E-state index contributed by atoms with van der Waals surface area (Å²) < 4.78 is 5.11. The Labute approximate surface area is 121 Å². The molecule has 0 radical (unpaired) electrons. The highest BCUT2D eigenvalue weighted by Crippen LogP contribution is 2.15. The van der Waals surface area contributed by atoms with Gasteiger partial charge < -0.3 is 10.1 Å². The maximum atomic E-state index is 12.0. The minimum atomic E-state index is 0.106. The van der Waals surface area contributed by atoms with Crippen LogP contribution in [-0.2, 0) is 11.3 Å². The molecule has 1 aliphatic heterocycles. The summed E-state index contributed by atoms with van der Waals surface area (Å²) in [4.78, 5) is 14.2. The monoisotopic (exact) mass is 276 g/mol. The number of hydrogen-bond acceptors (Lipinski definition) is 3. The molecule has 0 bridgehead atoms. The first kappa shape index (κ1) is 14.9. The Morgan fingerprint density at radius 3 is 2.75 bits per heavy atom. The van der Waals surface area contributed by atoms with E-state index in [0.29, 0.717) is 19.1 Å². The van der Waals surface area contributed by atoms with E-state index in [2.05, 4.69) is 17.1 Å². The fraction of sp³-hybridized carbons (Fsp3) is 0.562. The van der Waals surface area contributed by atoms with Crippen molar-refractivity contribution in [1.82, 2.24) is 10.2 Å². The van der Waals surface area contributed by atoms with E-state index in [0.717, 1.165) is 17.9 Å². The Kier molecular flexibility index (Phi) is 5.41. The number of benzene rings is 1. The van der Waals surface area contributed by atoms with E-state index in [1.54, 1.807) is 7.11 Å². The van der Waals surface area contributed by atoms with E-state index in [1.807, 2.05) is 24.3 Å². The average Bonchev–Trinajstić information content (AvgIpc) is 2.48. The van der Waals surface area contributed by atoms with Gasteiger partial charge >= 0.3 is 0 Å². The van der Waals surface area contributed by atoms with Gasteiger partial charge in [0.25, 0.3) is 0 Å². The molecule has 0 spiro atoms. The summed E-state index contributed by atoms with van der Waals surface area (Å²) in [6.45, 7) is 4.33. The minimum absolute atomic E-state index is 0.106. The van der Waals surface area contributed by atoms with Gasteiger partial charge in [-0.25, -0.2) is 0 Å². The van der Waals surface area contributed by atoms with Crippen LogP contribution in [0.2, 0.25) is 0 Å². The van der Waals surface area contributed by atoms with E-state index < -0.39 is 0 Å². The smallest absolute Gasteiger partial charge is 0.234 e. The van der Waals surface area contributed by atoms with Crippen molar-refractivity contribution >= 4 is 5.91 Å². The van der Waals surface area contributed by atoms with Crippen LogP contribution in [0.3, 0.4) is 0 Å². The van der Waals surface area contributed by atoms with Crippen molar-refractivity contribution in [3.63, 3.8) is 0 Å². The zero-order valence-corrected chi connectivity index (χ0v) is 12.4. The Morgan fingerprint density at radius 1 is 1.35 bits per heavy atom. The van der Waals surface area contributed by atoms with Crippen LogP contribution in [0.25, 0.3) is 0 Å². The van der Waals surface area contributed by atoms with Gasteiger partial charge in [0.1, 0.15) is 5.75 Å². The fourth-order valence-corrected chi connectivity index (χ4v) is 2.58. The second-order valence-corrected chi connectivity index (χ2v) is 5.44. The maximum Gasteiger partial charge on any atom is 0.234 e. The number of carbonyl (C=O) groups is 1. The van der Waals surface area contributed by atoms with Crippen LogP contribution in [0, 0.1) is 0 Å². The highest BCUT2D eigenvalue weighted by atomic mass is 16.5. The molecule has 1 aliphatic rings. The third-order valence-corrected chi connectivity index (χ3v) is 3.94. The van der Waals surface area contributed by atoms with Crippen molar-refractivity contribution in [1.29, 1.82) is 0 Å². The van der Waals surface area contributed by atoms with Gasteiger partial charge in [-0.3, -0.25) is 9.69 Å². The van der Waals surface area contributed by atoms with Gasteiger partial charge in [0.2, 0.25) is 5.91 Å². The highest BCUT2D eigenvalue weighted by Gasteiger charge is 2.20. The van der Waals surface area contributed by atoms with E-state index in [9.17, 15) is 4.79 Å². The third-order valence-electron chi connectivity index (χ3n) is 3.94. The van der Waals surface area contributed by atoms with Crippen molar-refractivity contribution < 1.29 is 9.53 Å². The van der Waals surface area contributed by atoms with Gasteiger partial charge in [0.15, 0.2) is 0 Å². The molecule has 1 amide bonds. The first-order valence-electron chi connectivity index (χ1n) is 7.32. The summed E-state index contributed by atoms with van der Waals surface area (Å²) >= 11 is 0. The van der Waals surface area contributed by atoms with E-state index in [-0.39, 0.29) is 5.91 Å². The van der Waals surface area contributed by atoms with Crippen molar-refractivity contribution in [2.45, 2.75) is 38.8 Å². The van der Waals surface area contributed by atoms with E-state index >= 15 is 0 Å². The molecular weight excluding hydrogens is 252 g/mol. The number of likely N-dealkylation sites (tertiary alicyclic amines) is 1. The van der Waals surface area contributed by atoms with Crippen molar-refractivity contribution in [2.75, 3.05) is 20.2 Å². The molecule has 1 aromatic rings. The molecule has 110 valence electrons. The van der Waals surface area contributed by atoms with Crippen molar-refractivity contribution in [2.24, 2.45) is 0 Å². The van der Waals surface area contributed by atoms with Gasteiger partial charge in [0, 0.05) is 12.6 Å². The fourth-order valence-electron chi connectivity index (χ4n) is 2.58. The number of hydrogen-bond donors (Lipinski definition) is 1. The molecule has 2 rings (SSSR count). The zero-order chi connectivity index (χ0) is 14.4. The van der Waals surface area contributed by atoms with Crippen molar-refractivity contribution in [3.8, 4) is 5.75 Å². The number of methoxy groups -OCH3 is 1. The Hall–Kier alpha value is -1.55. The zero-order valence-electron chi connectivity index (χ0n) is 12.4. The molecule has 1 fully saturated rings. The van der Waals surface area contributed by atoms with Gasteiger partial charge in [-0.2, -0.15) is 0 Å². The molecule has 0 aromatic heterocycles. The number of rotatable bonds is 5.